The molecule has 6 atom stereocenters. The van der Waals surface area contributed by atoms with Crippen LogP contribution in [0.5, 0.6) is 5.75 Å². The van der Waals surface area contributed by atoms with Crippen molar-refractivity contribution in [2.75, 3.05) is 31.6 Å². The number of hydrogen-bond donors (Lipinski definition) is 2. The fourth-order valence-corrected chi connectivity index (χ4v) is 10.9. The van der Waals surface area contributed by atoms with E-state index in [0.717, 1.165) is 95.0 Å². The Labute approximate surface area is 281 Å². The fourth-order valence-electron chi connectivity index (χ4n) is 9.65. The van der Waals surface area contributed by atoms with E-state index < -0.39 is 28.8 Å². The second kappa shape index (κ2) is 14.2. The number of halogens is 5. The van der Waals surface area contributed by atoms with Crippen LogP contribution in [-0.4, -0.2) is 68.3 Å². The first-order valence-electron chi connectivity index (χ1n) is 17.2. The Kier molecular flexibility index (Phi) is 11.2. The molecule has 0 aliphatic heterocycles. The number of alkyl halides is 5. The SMILES string of the molecule is CN(CCCCC[C@@H]1Cc2cc(OS(N)(=O)=O)ccc2C2CC[C@@]3(C)C(C[C@@H](O)C34CC4)C21)CCCSCCCC(F)(F)C(F)(F)F. The average Bonchev–Trinajstić information content (AvgIpc) is 3.75. The lowest BCUT2D eigenvalue weighted by molar-refractivity contribution is -0.284. The topological polar surface area (TPSA) is 92.9 Å². The number of aliphatic hydroxyl groups is 1. The van der Waals surface area contributed by atoms with E-state index in [2.05, 4.69) is 18.9 Å². The Morgan fingerprint density at radius 1 is 1.04 bits per heavy atom. The van der Waals surface area contributed by atoms with Crippen molar-refractivity contribution in [1.82, 2.24) is 4.90 Å². The molecule has 0 bridgehead atoms. The van der Waals surface area contributed by atoms with E-state index in [1.807, 2.05) is 12.1 Å². The predicted octanol–water partition coefficient (Wildman–Crippen LogP) is 7.70. The molecule has 6 nitrogen and oxygen atoms in total. The molecular weight excluding hydrogens is 660 g/mol. The molecular formula is C34H51F5N2O4S2. The highest BCUT2D eigenvalue weighted by atomic mass is 32.2. The molecule has 1 spiro atoms. The van der Waals surface area contributed by atoms with Gasteiger partial charge < -0.3 is 14.2 Å². The van der Waals surface area contributed by atoms with E-state index in [9.17, 15) is 35.5 Å². The van der Waals surface area contributed by atoms with Crippen LogP contribution in [0.2, 0.25) is 0 Å². The molecule has 0 radical (unpaired) electrons. The molecule has 1 aromatic carbocycles. The van der Waals surface area contributed by atoms with Gasteiger partial charge in [-0.05, 0) is 148 Å². The minimum absolute atomic E-state index is 0.0888. The Balaban J connectivity index is 1.10. The van der Waals surface area contributed by atoms with Gasteiger partial charge >= 0.3 is 22.4 Å². The van der Waals surface area contributed by atoms with Gasteiger partial charge in [0.1, 0.15) is 5.75 Å². The molecule has 0 aromatic heterocycles. The highest BCUT2D eigenvalue weighted by molar-refractivity contribution is 7.99. The highest BCUT2D eigenvalue weighted by Gasteiger charge is 2.71. The van der Waals surface area contributed by atoms with Gasteiger partial charge in [-0.3, -0.25) is 0 Å². The Hall–Kier alpha value is -1.15. The predicted molar refractivity (Wildman–Crippen MR) is 175 cm³/mol. The number of aliphatic hydroxyl groups excluding tert-OH is 1. The van der Waals surface area contributed by atoms with Crippen molar-refractivity contribution in [2.45, 2.75) is 115 Å². The minimum Gasteiger partial charge on any atom is -0.393 e. The molecule has 3 N–H and O–H groups in total. The van der Waals surface area contributed by atoms with Crippen LogP contribution in [0, 0.1) is 28.6 Å². The number of thioether (sulfide) groups is 1. The number of benzene rings is 1. The third-order valence-electron chi connectivity index (χ3n) is 12.2. The molecule has 47 heavy (non-hydrogen) atoms. The van der Waals surface area contributed by atoms with Crippen molar-refractivity contribution in [3.8, 4) is 5.75 Å². The van der Waals surface area contributed by atoms with Crippen LogP contribution in [0.4, 0.5) is 22.0 Å². The van der Waals surface area contributed by atoms with Gasteiger partial charge in [0, 0.05) is 11.8 Å². The average molecular weight is 711 g/mol. The van der Waals surface area contributed by atoms with Crippen molar-refractivity contribution in [1.29, 1.82) is 0 Å². The summed E-state index contributed by atoms with van der Waals surface area (Å²) in [5, 5.41) is 16.4. The van der Waals surface area contributed by atoms with E-state index in [1.165, 1.54) is 17.3 Å². The number of unbranched alkanes of at least 4 members (excludes halogenated alkanes) is 2. The van der Waals surface area contributed by atoms with Gasteiger partial charge in [0.05, 0.1) is 6.10 Å². The van der Waals surface area contributed by atoms with Gasteiger partial charge in [-0.1, -0.05) is 25.8 Å². The van der Waals surface area contributed by atoms with Crippen LogP contribution in [0.3, 0.4) is 0 Å². The zero-order valence-electron chi connectivity index (χ0n) is 27.5. The Morgan fingerprint density at radius 3 is 2.43 bits per heavy atom. The van der Waals surface area contributed by atoms with Gasteiger partial charge in [0.15, 0.2) is 0 Å². The maximum absolute atomic E-state index is 13.0. The normalized spacial score (nSPS) is 29.9. The minimum atomic E-state index is -5.47. The van der Waals surface area contributed by atoms with Gasteiger partial charge in [-0.2, -0.15) is 47.3 Å². The zero-order valence-corrected chi connectivity index (χ0v) is 29.2. The summed E-state index contributed by atoms with van der Waals surface area (Å²) in [6, 6.07) is 5.61. The monoisotopic (exact) mass is 710 g/mol. The third-order valence-corrected chi connectivity index (χ3v) is 13.7. The first-order chi connectivity index (χ1) is 22.0. The van der Waals surface area contributed by atoms with Crippen LogP contribution < -0.4 is 9.32 Å². The maximum atomic E-state index is 13.0. The van der Waals surface area contributed by atoms with Crippen LogP contribution in [-0.2, 0) is 16.7 Å². The summed E-state index contributed by atoms with van der Waals surface area (Å²) in [5.74, 6) is -1.55. The second-order valence-electron chi connectivity index (χ2n) is 15.0. The number of fused-ring (bicyclic) bond motifs is 6. The molecule has 0 heterocycles. The van der Waals surface area contributed by atoms with Crippen LogP contribution in [0.25, 0.3) is 0 Å². The van der Waals surface area contributed by atoms with Crippen molar-refractivity contribution < 1.29 is 39.7 Å². The van der Waals surface area contributed by atoms with Crippen LogP contribution in [0.1, 0.15) is 101 Å². The standard InChI is InChI=1S/C34H51F5N2O4S2/c1-31-13-11-27-26-10-9-25(45-47(40,43)44)21-24(26)20-23(30(27)28(31)22-29(42)32(31)14-15-32)8-4-3-5-16-41(2)17-7-19-46-18-6-12-33(35,36)34(37,38)39/h9-10,21,23,27-30,42H,3-8,11-20,22H2,1-2H3,(H2,40,43,44)/t23-,27?,28?,29-,30?,31+/m1/s1. The smallest absolute Gasteiger partial charge is 0.393 e. The summed E-state index contributed by atoms with van der Waals surface area (Å²) in [7, 11) is -2.06. The lowest BCUT2D eigenvalue weighted by Gasteiger charge is -2.54. The summed E-state index contributed by atoms with van der Waals surface area (Å²) in [6.07, 6.45) is 4.29. The summed E-state index contributed by atoms with van der Waals surface area (Å²) in [4.78, 5) is 2.25. The second-order valence-corrected chi connectivity index (χ2v) is 17.4. The van der Waals surface area contributed by atoms with Crippen molar-refractivity contribution >= 4 is 22.1 Å². The quantitative estimate of drug-likeness (QED) is 0.135. The van der Waals surface area contributed by atoms with Crippen LogP contribution in [0.15, 0.2) is 18.2 Å². The van der Waals surface area contributed by atoms with Gasteiger partial charge in [-0.25, -0.2) is 0 Å². The molecule has 1 aromatic rings. The molecule has 3 saturated carbocycles. The summed E-state index contributed by atoms with van der Waals surface area (Å²) < 4.78 is 91.1. The van der Waals surface area contributed by atoms with Gasteiger partial charge in [-0.15, -0.1) is 0 Å². The molecule has 268 valence electrons. The molecule has 5 rings (SSSR count). The van der Waals surface area contributed by atoms with E-state index >= 15 is 0 Å². The Bertz CT molecular complexity index is 1340. The first kappa shape index (κ1) is 37.1. The van der Waals surface area contributed by atoms with Crippen molar-refractivity contribution in [3.63, 3.8) is 0 Å². The molecule has 4 aliphatic rings. The van der Waals surface area contributed by atoms with E-state index in [1.54, 1.807) is 6.07 Å². The molecule has 3 unspecified atom stereocenters. The van der Waals surface area contributed by atoms with E-state index in [0.29, 0.717) is 29.4 Å². The molecule has 4 aliphatic carbocycles. The van der Waals surface area contributed by atoms with Crippen molar-refractivity contribution in [2.24, 2.45) is 33.7 Å². The zero-order chi connectivity index (χ0) is 34.3. The number of hydrogen-bond acceptors (Lipinski definition) is 6. The third kappa shape index (κ3) is 8.10. The molecule has 13 heteroatoms. The first-order valence-corrected chi connectivity index (χ1v) is 19.8. The van der Waals surface area contributed by atoms with E-state index in [4.69, 9.17) is 9.32 Å². The highest BCUT2D eigenvalue weighted by Crippen LogP contribution is 2.76. The van der Waals surface area contributed by atoms with Gasteiger partial charge in [0.25, 0.3) is 0 Å². The van der Waals surface area contributed by atoms with Crippen molar-refractivity contribution in [3.05, 3.63) is 29.3 Å². The van der Waals surface area contributed by atoms with E-state index in [-0.39, 0.29) is 29.1 Å². The number of nitrogens with two attached hydrogens (primary N) is 1. The summed E-state index contributed by atoms with van der Waals surface area (Å²) in [6.45, 7) is 4.22. The summed E-state index contributed by atoms with van der Waals surface area (Å²) >= 11 is 1.43. The number of nitrogens with zero attached hydrogens (tertiary/aromatic N) is 1. The Morgan fingerprint density at radius 2 is 1.74 bits per heavy atom. The van der Waals surface area contributed by atoms with Gasteiger partial charge in [0.2, 0.25) is 0 Å². The number of rotatable bonds is 16. The summed E-state index contributed by atoms with van der Waals surface area (Å²) in [5.41, 5.74) is 2.69. The lowest BCUT2D eigenvalue weighted by atomic mass is 9.50. The largest absolute Gasteiger partial charge is 0.453 e. The van der Waals surface area contributed by atoms with Crippen LogP contribution >= 0.6 is 11.8 Å². The molecule has 0 amide bonds. The maximum Gasteiger partial charge on any atom is 0.453 e. The lowest BCUT2D eigenvalue weighted by Crippen LogP contribution is -2.46. The molecule has 0 saturated heterocycles. The fraction of sp³-hybridized carbons (Fsp3) is 0.824. The molecule has 3 fully saturated rings.